The lowest BCUT2D eigenvalue weighted by Gasteiger charge is -2.38. The first-order valence-corrected chi connectivity index (χ1v) is 12.7. The van der Waals surface area contributed by atoms with Crippen molar-refractivity contribution >= 4 is 5.78 Å². The summed E-state index contributed by atoms with van der Waals surface area (Å²) in [5.41, 5.74) is 0.0875. The van der Waals surface area contributed by atoms with Crippen molar-refractivity contribution in [3.8, 4) is 11.5 Å². The van der Waals surface area contributed by atoms with E-state index in [0.717, 1.165) is 30.6 Å². The van der Waals surface area contributed by atoms with E-state index in [-0.39, 0.29) is 17.1 Å². The second kappa shape index (κ2) is 11.9. The van der Waals surface area contributed by atoms with E-state index in [9.17, 15) is 14.3 Å². The standard InChI is InChI=1S/C27H41FO3/c1-3-5-6-7-19-8-12-21(13-9-19)22-14-10-20(11-15-22)18-24(29)23-16-17-25(31-4-2)26(28)27(23)30/h16-17,19-22,30H,3-15,18H2,1-2H3. The minimum Gasteiger partial charge on any atom is -0.504 e. The molecule has 0 heterocycles. The Morgan fingerprint density at radius 1 is 0.968 bits per heavy atom. The first-order chi connectivity index (χ1) is 15.0. The Labute approximate surface area is 187 Å². The van der Waals surface area contributed by atoms with Gasteiger partial charge in [-0.3, -0.25) is 4.79 Å². The first kappa shape index (κ1) is 24.1. The van der Waals surface area contributed by atoms with Gasteiger partial charge in [-0.15, -0.1) is 0 Å². The van der Waals surface area contributed by atoms with Crippen LogP contribution in [-0.4, -0.2) is 17.5 Å². The second-order valence-electron chi connectivity index (χ2n) is 9.89. The number of hydrogen-bond donors (Lipinski definition) is 1. The number of carbonyl (C=O) groups excluding carboxylic acids is 1. The summed E-state index contributed by atoms with van der Waals surface area (Å²) in [6.07, 6.45) is 16.1. The van der Waals surface area contributed by atoms with E-state index in [2.05, 4.69) is 6.92 Å². The molecule has 2 fully saturated rings. The summed E-state index contributed by atoms with van der Waals surface area (Å²) in [6, 6.07) is 2.94. The Balaban J connectivity index is 1.43. The Hall–Kier alpha value is -1.58. The van der Waals surface area contributed by atoms with Gasteiger partial charge in [0.05, 0.1) is 12.2 Å². The number of unbranched alkanes of at least 4 members (excludes halogenated alkanes) is 2. The fraction of sp³-hybridized carbons (Fsp3) is 0.741. The van der Waals surface area contributed by atoms with Gasteiger partial charge < -0.3 is 9.84 Å². The SMILES string of the molecule is CCCCCC1CCC(C2CCC(CC(=O)c3ccc(OCC)c(F)c3O)CC2)CC1. The molecule has 0 atom stereocenters. The van der Waals surface area contributed by atoms with Crippen molar-refractivity contribution in [2.75, 3.05) is 6.61 Å². The van der Waals surface area contributed by atoms with Gasteiger partial charge in [-0.05, 0) is 81.3 Å². The molecule has 1 N–H and O–H groups in total. The normalized spacial score (nSPS) is 26.5. The highest BCUT2D eigenvalue weighted by Gasteiger charge is 2.32. The van der Waals surface area contributed by atoms with Crippen molar-refractivity contribution in [2.45, 2.75) is 97.3 Å². The van der Waals surface area contributed by atoms with E-state index in [1.165, 1.54) is 76.3 Å². The molecule has 31 heavy (non-hydrogen) atoms. The van der Waals surface area contributed by atoms with Gasteiger partial charge in [-0.25, -0.2) is 0 Å². The maximum atomic E-state index is 14.2. The number of phenolic OH excluding ortho intramolecular Hbond substituents is 1. The van der Waals surface area contributed by atoms with Crippen molar-refractivity contribution in [2.24, 2.45) is 23.7 Å². The molecule has 2 aliphatic rings. The lowest BCUT2D eigenvalue weighted by molar-refractivity contribution is 0.0916. The van der Waals surface area contributed by atoms with Gasteiger partial charge in [0.15, 0.2) is 17.3 Å². The number of ketones is 1. The quantitative estimate of drug-likeness (QED) is 0.304. The predicted molar refractivity (Wildman–Crippen MR) is 123 cm³/mol. The summed E-state index contributed by atoms with van der Waals surface area (Å²) in [5.74, 6) is 1.44. The molecule has 1 aromatic rings. The van der Waals surface area contributed by atoms with E-state index in [1.54, 1.807) is 6.92 Å². The van der Waals surface area contributed by atoms with Crippen LogP contribution >= 0.6 is 0 Å². The molecule has 0 radical (unpaired) electrons. The third-order valence-corrected chi connectivity index (χ3v) is 7.82. The molecule has 0 bridgehead atoms. The summed E-state index contributed by atoms with van der Waals surface area (Å²) in [7, 11) is 0. The summed E-state index contributed by atoms with van der Waals surface area (Å²) >= 11 is 0. The molecule has 0 aromatic heterocycles. The van der Waals surface area contributed by atoms with Crippen molar-refractivity contribution < 1.29 is 19.0 Å². The highest BCUT2D eigenvalue weighted by Crippen LogP contribution is 2.43. The molecule has 0 aliphatic heterocycles. The zero-order chi connectivity index (χ0) is 22.2. The fourth-order valence-corrected chi connectivity index (χ4v) is 5.91. The van der Waals surface area contributed by atoms with Gasteiger partial charge >= 0.3 is 0 Å². The molecule has 3 nitrogen and oxygen atoms in total. The van der Waals surface area contributed by atoms with Crippen molar-refractivity contribution in [3.05, 3.63) is 23.5 Å². The third-order valence-electron chi connectivity index (χ3n) is 7.82. The molecule has 0 unspecified atom stereocenters. The van der Waals surface area contributed by atoms with Crippen LogP contribution in [0.4, 0.5) is 4.39 Å². The smallest absolute Gasteiger partial charge is 0.207 e. The molecule has 0 amide bonds. The van der Waals surface area contributed by atoms with Gasteiger partial charge in [0.1, 0.15) is 0 Å². The van der Waals surface area contributed by atoms with Crippen LogP contribution in [0.1, 0.15) is 108 Å². The molecule has 0 saturated heterocycles. The number of benzene rings is 1. The summed E-state index contributed by atoms with van der Waals surface area (Å²) in [4.78, 5) is 12.7. The number of aromatic hydroxyl groups is 1. The van der Waals surface area contributed by atoms with Gasteiger partial charge in [0.25, 0.3) is 0 Å². The van der Waals surface area contributed by atoms with Crippen LogP contribution in [0.25, 0.3) is 0 Å². The van der Waals surface area contributed by atoms with Crippen LogP contribution in [-0.2, 0) is 0 Å². The van der Waals surface area contributed by atoms with Gasteiger partial charge in [0, 0.05) is 6.42 Å². The molecular formula is C27H41FO3. The fourth-order valence-electron chi connectivity index (χ4n) is 5.91. The topological polar surface area (TPSA) is 46.5 Å². The van der Waals surface area contributed by atoms with Crippen molar-refractivity contribution in [3.63, 3.8) is 0 Å². The lowest BCUT2D eigenvalue weighted by atomic mass is 9.68. The molecule has 2 aliphatic carbocycles. The van der Waals surface area contributed by atoms with Crippen LogP contribution in [0, 0.1) is 29.5 Å². The van der Waals surface area contributed by atoms with E-state index in [1.807, 2.05) is 0 Å². The van der Waals surface area contributed by atoms with E-state index in [4.69, 9.17) is 4.74 Å². The van der Waals surface area contributed by atoms with E-state index in [0.29, 0.717) is 18.9 Å². The maximum Gasteiger partial charge on any atom is 0.207 e. The molecule has 3 rings (SSSR count). The first-order valence-electron chi connectivity index (χ1n) is 12.7. The number of hydrogen-bond acceptors (Lipinski definition) is 3. The van der Waals surface area contributed by atoms with Crippen molar-refractivity contribution in [1.82, 2.24) is 0 Å². The average Bonchev–Trinajstić information content (AvgIpc) is 2.78. The van der Waals surface area contributed by atoms with Crippen LogP contribution < -0.4 is 4.74 Å². The summed E-state index contributed by atoms with van der Waals surface area (Å²) in [5, 5.41) is 10.1. The second-order valence-corrected chi connectivity index (χ2v) is 9.89. The Morgan fingerprint density at radius 2 is 1.58 bits per heavy atom. The number of carbonyl (C=O) groups is 1. The maximum absolute atomic E-state index is 14.2. The molecule has 2 saturated carbocycles. The van der Waals surface area contributed by atoms with Crippen molar-refractivity contribution in [1.29, 1.82) is 0 Å². The van der Waals surface area contributed by atoms with Crippen LogP contribution in [0.15, 0.2) is 12.1 Å². The van der Waals surface area contributed by atoms with Gasteiger partial charge in [-0.1, -0.05) is 45.4 Å². The molecule has 4 heteroatoms. The predicted octanol–water partition coefficient (Wildman–Crippen LogP) is 7.70. The zero-order valence-electron chi connectivity index (χ0n) is 19.5. The highest BCUT2D eigenvalue weighted by molar-refractivity contribution is 5.99. The monoisotopic (exact) mass is 432 g/mol. The van der Waals surface area contributed by atoms with Crippen LogP contribution in [0.3, 0.4) is 0 Å². The molecule has 0 spiro atoms. The number of rotatable bonds is 10. The molecule has 174 valence electrons. The third kappa shape index (κ3) is 6.46. The largest absolute Gasteiger partial charge is 0.504 e. The van der Waals surface area contributed by atoms with Gasteiger partial charge in [0.2, 0.25) is 5.82 Å². The Bertz CT molecular complexity index is 701. The van der Waals surface area contributed by atoms with Gasteiger partial charge in [-0.2, -0.15) is 4.39 Å². The number of ether oxygens (including phenoxy) is 1. The van der Waals surface area contributed by atoms with E-state index < -0.39 is 11.6 Å². The zero-order valence-corrected chi connectivity index (χ0v) is 19.5. The summed E-state index contributed by atoms with van der Waals surface area (Å²) < 4.78 is 19.4. The van der Waals surface area contributed by atoms with Crippen LogP contribution in [0.5, 0.6) is 11.5 Å². The Morgan fingerprint density at radius 3 is 2.16 bits per heavy atom. The minimum absolute atomic E-state index is 0.00265. The number of phenols is 1. The lowest BCUT2D eigenvalue weighted by Crippen LogP contribution is -2.26. The number of Topliss-reactive ketones (excluding diaryl/α,β-unsaturated/α-hetero) is 1. The highest BCUT2D eigenvalue weighted by atomic mass is 19.1. The minimum atomic E-state index is -0.832. The summed E-state index contributed by atoms with van der Waals surface area (Å²) in [6.45, 7) is 4.35. The number of halogens is 1. The molecular weight excluding hydrogens is 391 g/mol. The van der Waals surface area contributed by atoms with E-state index >= 15 is 0 Å². The molecule has 1 aromatic carbocycles. The van der Waals surface area contributed by atoms with Crippen LogP contribution in [0.2, 0.25) is 0 Å². The average molecular weight is 433 g/mol. The Kier molecular flexibility index (Phi) is 9.22.